The van der Waals surface area contributed by atoms with Crippen LogP contribution in [0.1, 0.15) is 36.3 Å². The highest BCUT2D eigenvalue weighted by Crippen LogP contribution is 2.40. The SMILES string of the molecule is Cc1ccc(S(=O)(=O)O)c(C2CCC(C#N)C2)c1. The topological polar surface area (TPSA) is 78.2 Å². The van der Waals surface area contributed by atoms with E-state index in [4.69, 9.17) is 5.26 Å². The second kappa shape index (κ2) is 4.71. The molecule has 1 N–H and O–H groups in total. The summed E-state index contributed by atoms with van der Waals surface area (Å²) in [6.07, 6.45) is 2.26. The Morgan fingerprint density at radius 2 is 2.11 bits per heavy atom. The van der Waals surface area contributed by atoms with E-state index in [1.807, 2.05) is 6.92 Å². The van der Waals surface area contributed by atoms with Crippen molar-refractivity contribution in [2.75, 3.05) is 0 Å². The summed E-state index contributed by atoms with van der Waals surface area (Å²) < 4.78 is 32.0. The van der Waals surface area contributed by atoms with Crippen LogP contribution in [0, 0.1) is 24.2 Å². The van der Waals surface area contributed by atoms with Gasteiger partial charge in [-0.05, 0) is 43.7 Å². The van der Waals surface area contributed by atoms with Gasteiger partial charge in [0.15, 0.2) is 0 Å². The third kappa shape index (κ3) is 2.55. The Kier molecular flexibility index (Phi) is 3.42. The maximum atomic E-state index is 11.4. The molecule has 0 heterocycles. The lowest BCUT2D eigenvalue weighted by Gasteiger charge is -2.14. The molecule has 4 nitrogen and oxygen atoms in total. The normalized spacial score (nSPS) is 23.8. The molecular formula is C13H15NO3S. The standard InChI is InChI=1S/C13H15NO3S/c1-9-2-5-13(18(15,16)17)12(6-9)11-4-3-10(7-11)8-14/h2,5-6,10-11H,3-4,7H2,1H3,(H,15,16,17). The van der Waals surface area contributed by atoms with Crippen LogP contribution >= 0.6 is 0 Å². The van der Waals surface area contributed by atoms with Crippen molar-refractivity contribution in [1.82, 2.24) is 0 Å². The third-order valence-electron chi connectivity index (χ3n) is 3.50. The Labute approximate surface area is 107 Å². The van der Waals surface area contributed by atoms with E-state index in [-0.39, 0.29) is 16.7 Å². The van der Waals surface area contributed by atoms with Crippen LogP contribution in [-0.2, 0) is 10.1 Å². The quantitative estimate of drug-likeness (QED) is 0.834. The van der Waals surface area contributed by atoms with Gasteiger partial charge in [0.2, 0.25) is 0 Å². The first-order chi connectivity index (χ1) is 8.41. The first kappa shape index (κ1) is 13.1. The van der Waals surface area contributed by atoms with E-state index in [0.29, 0.717) is 12.0 Å². The van der Waals surface area contributed by atoms with Gasteiger partial charge in [0.25, 0.3) is 10.1 Å². The summed E-state index contributed by atoms with van der Waals surface area (Å²) in [5.41, 5.74) is 1.60. The summed E-state index contributed by atoms with van der Waals surface area (Å²) >= 11 is 0. The molecule has 5 heteroatoms. The molecule has 1 fully saturated rings. The minimum Gasteiger partial charge on any atom is -0.282 e. The molecule has 1 aromatic rings. The number of aryl methyl sites for hydroxylation is 1. The highest BCUT2D eigenvalue weighted by Gasteiger charge is 2.29. The van der Waals surface area contributed by atoms with E-state index in [1.165, 1.54) is 6.07 Å². The molecule has 0 aromatic heterocycles. The predicted molar refractivity (Wildman–Crippen MR) is 66.7 cm³/mol. The van der Waals surface area contributed by atoms with Crippen LogP contribution in [0.3, 0.4) is 0 Å². The van der Waals surface area contributed by atoms with Crippen molar-refractivity contribution in [3.63, 3.8) is 0 Å². The summed E-state index contributed by atoms with van der Waals surface area (Å²) in [4.78, 5) is -0.0170. The first-order valence-corrected chi connectivity index (χ1v) is 7.33. The molecule has 1 aliphatic rings. The number of nitriles is 1. The molecule has 0 aliphatic heterocycles. The van der Waals surface area contributed by atoms with Gasteiger partial charge in [0.1, 0.15) is 0 Å². The zero-order chi connectivity index (χ0) is 13.3. The molecule has 96 valence electrons. The van der Waals surface area contributed by atoms with Gasteiger partial charge < -0.3 is 0 Å². The zero-order valence-electron chi connectivity index (χ0n) is 10.1. The molecule has 1 aromatic carbocycles. The largest absolute Gasteiger partial charge is 0.294 e. The zero-order valence-corrected chi connectivity index (χ0v) is 10.9. The van der Waals surface area contributed by atoms with E-state index >= 15 is 0 Å². The van der Waals surface area contributed by atoms with Crippen LogP contribution in [0.25, 0.3) is 0 Å². The Morgan fingerprint density at radius 3 is 2.67 bits per heavy atom. The van der Waals surface area contributed by atoms with Crippen molar-refractivity contribution >= 4 is 10.1 Å². The lowest BCUT2D eigenvalue weighted by molar-refractivity contribution is 0.480. The maximum Gasteiger partial charge on any atom is 0.294 e. The smallest absolute Gasteiger partial charge is 0.282 e. The summed E-state index contributed by atoms with van der Waals surface area (Å²) in [7, 11) is -4.19. The van der Waals surface area contributed by atoms with Gasteiger partial charge >= 0.3 is 0 Å². The monoisotopic (exact) mass is 265 g/mol. The fraction of sp³-hybridized carbons (Fsp3) is 0.462. The van der Waals surface area contributed by atoms with Crippen LogP contribution in [0.5, 0.6) is 0 Å². The first-order valence-electron chi connectivity index (χ1n) is 5.89. The van der Waals surface area contributed by atoms with Gasteiger partial charge in [0.05, 0.1) is 11.0 Å². The summed E-state index contributed by atoms with van der Waals surface area (Å²) in [5.74, 6) is 0.0382. The van der Waals surface area contributed by atoms with Crippen LogP contribution < -0.4 is 0 Å². The fourth-order valence-corrected chi connectivity index (χ4v) is 3.37. The van der Waals surface area contributed by atoms with Crippen LogP contribution in [0.15, 0.2) is 23.1 Å². The lowest BCUT2D eigenvalue weighted by atomic mass is 9.95. The molecule has 2 rings (SSSR count). The number of hydrogen-bond donors (Lipinski definition) is 1. The van der Waals surface area contributed by atoms with Gasteiger partial charge in [-0.15, -0.1) is 0 Å². The van der Waals surface area contributed by atoms with E-state index in [2.05, 4.69) is 6.07 Å². The second-order valence-electron chi connectivity index (χ2n) is 4.85. The Balaban J connectivity index is 2.44. The van der Waals surface area contributed by atoms with Crippen molar-refractivity contribution in [2.45, 2.75) is 37.0 Å². The number of benzene rings is 1. The van der Waals surface area contributed by atoms with Gasteiger partial charge in [-0.1, -0.05) is 17.7 Å². The van der Waals surface area contributed by atoms with Crippen molar-refractivity contribution in [1.29, 1.82) is 5.26 Å². The summed E-state index contributed by atoms with van der Waals surface area (Å²) in [6, 6.07) is 7.14. The Morgan fingerprint density at radius 1 is 1.39 bits per heavy atom. The molecule has 0 amide bonds. The van der Waals surface area contributed by atoms with Crippen LogP contribution in [-0.4, -0.2) is 13.0 Å². The van der Waals surface area contributed by atoms with E-state index in [1.54, 1.807) is 12.1 Å². The molecule has 1 aliphatic carbocycles. The minimum absolute atomic E-state index is 0.00948. The van der Waals surface area contributed by atoms with Gasteiger partial charge in [0, 0.05) is 5.92 Å². The molecule has 2 atom stereocenters. The van der Waals surface area contributed by atoms with Crippen molar-refractivity contribution in [2.24, 2.45) is 5.92 Å². The average molecular weight is 265 g/mol. The molecule has 18 heavy (non-hydrogen) atoms. The van der Waals surface area contributed by atoms with E-state index < -0.39 is 10.1 Å². The predicted octanol–water partition coefficient (Wildman–Crippen LogP) is 2.65. The van der Waals surface area contributed by atoms with Crippen LogP contribution in [0.2, 0.25) is 0 Å². The fourth-order valence-electron chi connectivity index (χ4n) is 2.60. The van der Waals surface area contributed by atoms with Crippen molar-refractivity contribution in [3.8, 4) is 6.07 Å². The lowest BCUT2D eigenvalue weighted by Crippen LogP contribution is -2.06. The Bertz CT molecular complexity index is 601. The molecule has 1 saturated carbocycles. The molecule has 2 unspecified atom stereocenters. The summed E-state index contributed by atoms with van der Waals surface area (Å²) in [5, 5.41) is 8.90. The molecule has 0 radical (unpaired) electrons. The maximum absolute atomic E-state index is 11.4. The van der Waals surface area contributed by atoms with Gasteiger partial charge in [-0.3, -0.25) is 4.55 Å². The number of nitrogens with zero attached hydrogens (tertiary/aromatic N) is 1. The summed E-state index contributed by atoms with van der Waals surface area (Å²) in [6.45, 7) is 1.88. The van der Waals surface area contributed by atoms with Gasteiger partial charge in [-0.2, -0.15) is 13.7 Å². The highest BCUT2D eigenvalue weighted by atomic mass is 32.2. The van der Waals surface area contributed by atoms with E-state index in [9.17, 15) is 13.0 Å². The Hall–Kier alpha value is -1.38. The molecule has 0 spiro atoms. The third-order valence-corrected chi connectivity index (χ3v) is 4.43. The number of hydrogen-bond acceptors (Lipinski definition) is 3. The average Bonchev–Trinajstić information content (AvgIpc) is 2.75. The van der Waals surface area contributed by atoms with Gasteiger partial charge in [-0.25, -0.2) is 0 Å². The molecule has 0 saturated heterocycles. The minimum atomic E-state index is -4.19. The highest BCUT2D eigenvalue weighted by molar-refractivity contribution is 7.85. The van der Waals surface area contributed by atoms with Crippen molar-refractivity contribution in [3.05, 3.63) is 29.3 Å². The number of rotatable bonds is 2. The van der Waals surface area contributed by atoms with Crippen LogP contribution in [0.4, 0.5) is 0 Å². The van der Waals surface area contributed by atoms with Crippen molar-refractivity contribution < 1.29 is 13.0 Å². The molecular weight excluding hydrogens is 250 g/mol. The van der Waals surface area contributed by atoms with E-state index in [0.717, 1.165) is 18.4 Å². The molecule has 0 bridgehead atoms. The second-order valence-corrected chi connectivity index (χ2v) is 6.24.